The zero-order chi connectivity index (χ0) is 21.4. The average Bonchev–Trinajstić information content (AvgIpc) is 3.02. The molecule has 6 rings (SSSR count). The van der Waals surface area contributed by atoms with Gasteiger partial charge in [0.1, 0.15) is 5.75 Å². The van der Waals surface area contributed by atoms with E-state index in [1.807, 2.05) is 12.1 Å². The van der Waals surface area contributed by atoms with E-state index >= 15 is 0 Å². The van der Waals surface area contributed by atoms with Gasteiger partial charge in [0.05, 0.1) is 37.0 Å². The number of nitrogens with zero attached hydrogens (tertiary/aromatic N) is 1. The minimum absolute atomic E-state index is 0.0829. The number of carbonyl (C=O) groups is 2. The van der Waals surface area contributed by atoms with Gasteiger partial charge in [0.15, 0.2) is 0 Å². The molecule has 1 heterocycles. The summed E-state index contributed by atoms with van der Waals surface area (Å²) in [5.41, 5.74) is 0.687. The fraction of sp³-hybridized carbons (Fsp3) is 0.680. The second kappa shape index (κ2) is 8.55. The lowest BCUT2D eigenvalue weighted by atomic mass is 9.54. The predicted octanol–water partition coefficient (Wildman–Crippen LogP) is 3.68. The van der Waals surface area contributed by atoms with Gasteiger partial charge in [-0.25, -0.2) is 4.90 Å². The van der Waals surface area contributed by atoms with E-state index in [0.717, 1.165) is 29.9 Å². The standard InChI is InChI=1S/C25H34N2O4/c1-2-8-30-21-5-3-20(4-6-21)27-23(28)13-22(24(27)29)26-7-9-31-25-14-17-10-18(15-25)12-19(11-17)16-25/h3-6,17-19,22,26H,2,7-16H2,1H3/t17?,18?,19?,22-,25?/m1/s1. The SMILES string of the molecule is CCCOc1ccc(N2C(=O)C[C@@H](NCCOC34CC5CC(CC(C5)C3)C4)C2=O)cc1. The Morgan fingerprint density at radius 2 is 1.65 bits per heavy atom. The highest BCUT2D eigenvalue weighted by atomic mass is 16.5. The first-order valence-corrected chi connectivity index (χ1v) is 12.0. The molecule has 4 bridgehead atoms. The van der Waals surface area contributed by atoms with E-state index < -0.39 is 6.04 Å². The van der Waals surface area contributed by atoms with Gasteiger partial charge in [0, 0.05) is 6.54 Å². The molecule has 2 amide bonds. The molecule has 1 atom stereocenters. The van der Waals surface area contributed by atoms with Crippen molar-refractivity contribution in [1.82, 2.24) is 5.32 Å². The van der Waals surface area contributed by atoms with Crippen molar-refractivity contribution >= 4 is 17.5 Å². The normalized spacial score (nSPS) is 34.0. The summed E-state index contributed by atoms with van der Waals surface area (Å²) in [4.78, 5) is 26.7. The Morgan fingerprint density at radius 3 is 2.26 bits per heavy atom. The second-order valence-electron chi connectivity index (χ2n) is 10.1. The van der Waals surface area contributed by atoms with Crippen LogP contribution in [0.5, 0.6) is 5.75 Å². The molecular weight excluding hydrogens is 392 g/mol. The number of benzene rings is 1. The lowest BCUT2D eigenvalue weighted by Gasteiger charge is -2.56. The van der Waals surface area contributed by atoms with Crippen molar-refractivity contribution in [3.05, 3.63) is 24.3 Å². The van der Waals surface area contributed by atoms with Gasteiger partial charge in [-0.1, -0.05) is 6.92 Å². The first-order valence-electron chi connectivity index (χ1n) is 12.0. The third-order valence-corrected chi connectivity index (χ3v) is 7.60. The average molecular weight is 427 g/mol. The summed E-state index contributed by atoms with van der Waals surface area (Å²) in [5.74, 6) is 3.00. The third-order valence-electron chi connectivity index (χ3n) is 7.60. The number of hydrogen-bond donors (Lipinski definition) is 1. The molecular formula is C25H34N2O4. The zero-order valence-electron chi connectivity index (χ0n) is 18.5. The van der Waals surface area contributed by atoms with Crippen LogP contribution in [0, 0.1) is 17.8 Å². The van der Waals surface area contributed by atoms with E-state index in [1.54, 1.807) is 12.1 Å². The zero-order valence-corrected chi connectivity index (χ0v) is 18.5. The van der Waals surface area contributed by atoms with Crippen LogP contribution >= 0.6 is 0 Å². The smallest absolute Gasteiger partial charge is 0.251 e. The number of nitrogens with one attached hydrogen (secondary N) is 1. The summed E-state index contributed by atoms with van der Waals surface area (Å²) in [6.45, 7) is 3.91. The van der Waals surface area contributed by atoms with Gasteiger partial charge in [0.2, 0.25) is 5.91 Å². The van der Waals surface area contributed by atoms with Crippen LogP contribution in [0.1, 0.15) is 58.3 Å². The number of hydrogen-bond acceptors (Lipinski definition) is 5. The fourth-order valence-corrected chi connectivity index (χ4v) is 6.68. The van der Waals surface area contributed by atoms with Crippen LogP contribution < -0.4 is 15.0 Å². The molecule has 168 valence electrons. The monoisotopic (exact) mass is 426 g/mol. The topological polar surface area (TPSA) is 67.9 Å². The van der Waals surface area contributed by atoms with E-state index in [1.165, 1.54) is 43.4 Å². The molecule has 5 aliphatic rings. The van der Waals surface area contributed by atoms with Crippen molar-refractivity contribution in [2.24, 2.45) is 17.8 Å². The number of carbonyl (C=O) groups excluding carboxylic acids is 2. The maximum absolute atomic E-state index is 12.9. The van der Waals surface area contributed by atoms with Crippen LogP contribution in [-0.2, 0) is 14.3 Å². The second-order valence-corrected chi connectivity index (χ2v) is 10.1. The Hall–Kier alpha value is -1.92. The van der Waals surface area contributed by atoms with Crippen LogP contribution in [-0.4, -0.2) is 43.2 Å². The van der Waals surface area contributed by atoms with Crippen LogP contribution in [0.4, 0.5) is 5.69 Å². The van der Waals surface area contributed by atoms with Crippen LogP contribution in [0.25, 0.3) is 0 Å². The maximum Gasteiger partial charge on any atom is 0.251 e. The van der Waals surface area contributed by atoms with Crippen molar-refractivity contribution in [2.75, 3.05) is 24.7 Å². The van der Waals surface area contributed by atoms with E-state index in [-0.39, 0.29) is 23.8 Å². The summed E-state index contributed by atoms with van der Waals surface area (Å²) in [5, 5.41) is 3.27. The Labute approximate surface area is 184 Å². The Balaban J connectivity index is 1.12. The molecule has 4 aliphatic carbocycles. The third kappa shape index (κ3) is 4.24. The van der Waals surface area contributed by atoms with Gasteiger partial charge in [-0.2, -0.15) is 0 Å². The minimum atomic E-state index is -0.469. The highest BCUT2D eigenvalue weighted by molar-refractivity contribution is 6.22. The summed E-state index contributed by atoms with van der Waals surface area (Å²) >= 11 is 0. The largest absolute Gasteiger partial charge is 0.494 e. The van der Waals surface area contributed by atoms with Gasteiger partial charge in [-0.3, -0.25) is 9.59 Å². The first-order chi connectivity index (χ1) is 15.0. The van der Waals surface area contributed by atoms with E-state index in [2.05, 4.69) is 12.2 Å². The molecule has 0 radical (unpaired) electrons. The summed E-state index contributed by atoms with van der Waals surface area (Å²) in [6.07, 6.45) is 8.99. The van der Waals surface area contributed by atoms with Crippen LogP contribution in [0.3, 0.4) is 0 Å². The number of anilines is 1. The molecule has 0 spiro atoms. The Bertz CT molecular complexity index is 786. The molecule has 0 unspecified atom stereocenters. The highest BCUT2D eigenvalue weighted by Gasteiger charge is 2.51. The minimum Gasteiger partial charge on any atom is -0.494 e. The number of rotatable bonds is 9. The molecule has 1 N–H and O–H groups in total. The van der Waals surface area contributed by atoms with Crippen LogP contribution in [0.15, 0.2) is 24.3 Å². The van der Waals surface area contributed by atoms with Gasteiger partial charge < -0.3 is 14.8 Å². The van der Waals surface area contributed by atoms with Gasteiger partial charge in [-0.15, -0.1) is 0 Å². The number of ether oxygens (including phenoxy) is 2. The molecule has 0 aromatic heterocycles. The number of amides is 2. The van der Waals surface area contributed by atoms with E-state index in [4.69, 9.17) is 9.47 Å². The molecule has 1 aliphatic heterocycles. The van der Waals surface area contributed by atoms with Crippen molar-refractivity contribution < 1.29 is 19.1 Å². The van der Waals surface area contributed by atoms with Crippen molar-refractivity contribution in [3.8, 4) is 5.75 Å². The lowest BCUT2D eigenvalue weighted by Crippen LogP contribution is -2.52. The maximum atomic E-state index is 12.9. The molecule has 31 heavy (non-hydrogen) atoms. The van der Waals surface area contributed by atoms with Crippen LogP contribution in [0.2, 0.25) is 0 Å². The molecule has 5 fully saturated rings. The molecule has 6 nitrogen and oxygen atoms in total. The van der Waals surface area contributed by atoms with Gasteiger partial charge >= 0.3 is 0 Å². The number of imide groups is 1. The lowest BCUT2D eigenvalue weighted by molar-refractivity contribution is -0.161. The molecule has 1 aromatic carbocycles. The molecule has 1 aromatic rings. The molecule has 6 heteroatoms. The van der Waals surface area contributed by atoms with E-state index in [0.29, 0.717) is 25.4 Å². The van der Waals surface area contributed by atoms with Gasteiger partial charge in [0.25, 0.3) is 5.91 Å². The van der Waals surface area contributed by atoms with Crippen molar-refractivity contribution in [1.29, 1.82) is 0 Å². The van der Waals surface area contributed by atoms with E-state index in [9.17, 15) is 9.59 Å². The highest BCUT2D eigenvalue weighted by Crippen LogP contribution is 2.57. The first kappa shape index (κ1) is 21.0. The molecule has 1 saturated heterocycles. The Morgan fingerprint density at radius 1 is 1.00 bits per heavy atom. The van der Waals surface area contributed by atoms with Crippen molar-refractivity contribution in [2.45, 2.75) is 69.9 Å². The summed E-state index contributed by atoms with van der Waals surface area (Å²) in [6, 6.07) is 6.71. The molecule has 4 saturated carbocycles. The quantitative estimate of drug-likeness (QED) is 0.482. The summed E-state index contributed by atoms with van der Waals surface area (Å²) in [7, 11) is 0. The summed E-state index contributed by atoms with van der Waals surface area (Å²) < 4.78 is 12.0. The fourth-order valence-electron chi connectivity index (χ4n) is 6.68. The predicted molar refractivity (Wildman–Crippen MR) is 118 cm³/mol. The van der Waals surface area contributed by atoms with Gasteiger partial charge in [-0.05, 0) is 87.0 Å². The Kier molecular flexibility index (Phi) is 5.78. The van der Waals surface area contributed by atoms with Crippen molar-refractivity contribution in [3.63, 3.8) is 0 Å².